The number of carboxylic acids is 2. The predicted molar refractivity (Wildman–Crippen MR) is 111 cm³/mol. The van der Waals surface area contributed by atoms with Crippen LogP contribution in [-0.4, -0.2) is 75.9 Å². The van der Waals surface area contributed by atoms with E-state index in [1.807, 2.05) is 0 Å². The first-order chi connectivity index (χ1) is 13.0. The summed E-state index contributed by atoms with van der Waals surface area (Å²) in [7, 11) is 0. The Labute approximate surface area is 194 Å². The number of hydrogen-bond acceptors (Lipinski definition) is 8. The summed E-state index contributed by atoms with van der Waals surface area (Å²) in [5.74, 6) is -2.01. The van der Waals surface area contributed by atoms with E-state index in [0.29, 0.717) is 0 Å². The van der Waals surface area contributed by atoms with Gasteiger partial charge in [0, 0.05) is 38.6 Å². The van der Waals surface area contributed by atoms with Gasteiger partial charge in [0.05, 0.1) is 0 Å². The Morgan fingerprint density at radius 2 is 0.774 bits per heavy atom. The molecule has 0 amide bonds. The molecule has 0 saturated carbocycles. The number of rotatable bonds is 2. The Balaban J connectivity index is 0.000000562. The van der Waals surface area contributed by atoms with Crippen LogP contribution in [0.2, 0.25) is 0 Å². The Morgan fingerprint density at radius 3 is 0.903 bits per heavy atom. The molecule has 11 heteroatoms. The molecular weight excluding hydrogens is 451 g/mol. The minimum atomic E-state index is -1.26. The number of nitrogens with zero attached hydrogens (tertiary/aromatic N) is 2. The van der Waals surface area contributed by atoms with E-state index in [1.54, 1.807) is 55.4 Å². The normalized spacial score (nSPS) is 27.7. The molecule has 0 aromatic heterocycles. The van der Waals surface area contributed by atoms with Crippen molar-refractivity contribution in [1.29, 1.82) is 0 Å². The summed E-state index contributed by atoms with van der Waals surface area (Å²) in [5, 5.41) is 40.6. The summed E-state index contributed by atoms with van der Waals surface area (Å²) >= 11 is 0. The van der Waals surface area contributed by atoms with Crippen molar-refractivity contribution in [3.63, 3.8) is 0 Å². The number of nitrogens with two attached hydrogens (primary N) is 2. The third-order valence-electron chi connectivity index (χ3n) is 6.14. The van der Waals surface area contributed by atoms with Crippen LogP contribution in [0.25, 0.3) is 0 Å². The number of carboxylic acid groups (broad SMARTS) is 2. The van der Waals surface area contributed by atoms with Crippen LogP contribution in [-0.2, 0) is 26.1 Å². The molecule has 8 N–H and O–H groups in total. The van der Waals surface area contributed by atoms with E-state index in [-0.39, 0.29) is 42.2 Å². The quantitative estimate of drug-likeness (QED) is 0.312. The summed E-state index contributed by atoms with van der Waals surface area (Å²) in [6.45, 7) is 14.3. The van der Waals surface area contributed by atoms with Gasteiger partial charge < -0.3 is 32.1 Å². The molecule has 10 nitrogen and oxygen atoms in total. The zero-order valence-electron chi connectivity index (χ0n) is 19.8. The van der Waals surface area contributed by atoms with E-state index in [1.165, 1.54) is 10.1 Å². The van der Waals surface area contributed by atoms with Gasteiger partial charge in [-0.3, -0.25) is 9.59 Å². The molecule has 0 atom stereocenters. The van der Waals surface area contributed by atoms with E-state index in [0.717, 1.165) is 0 Å². The molecule has 0 radical (unpaired) electrons. The van der Waals surface area contributed by atoms with Crippen LogP contribution in [0.3, 0.4) is 0 Å². The fraction of sp³-hybridized carbons (Fsp3) is 0.900. The average molecular weight is 491 g/mol. The van der Waals surface area contributed by atoms with Gasteiger partial charge in [-0.05, 0) is 81.1 Å². The topological polar surface area (TPSA) is 174 Å². The SMILES string of the molecule is CC1(C)CC(N)(C(=O)O)CC(C)(C)N1O.CC1(C)CC(N)(C(=O)O)CC(C)(C)N1O.[Ni]. The molecular formula is C20H40N4NiO6. The Morgan fingerprint density at radius 1 is 0.613 bits per heavy atom. The van der Waals surface area contributed by atoms with E-state index in [9.17, 15) is 20.0 Å². The summed E-state index contributed by atoms with van der Waals surface area (Å²) in [6.07, 6.45) is 0.926. The van der Waals surface area contributed by atoms with E-state index in [4.69, 9.17) is 21.7 Å². The van der Waals surface area contributed by atoms with Crippen LogP contribution in [0.4, 0.5) is 0 Å². The van der Waals surface area contributed by atoms with E-state index < -0.39 is 45.2 Å². The third kappa shape index (κ3) is 6.16. The molecule has 0 bridgehead atoms. The van der Waals surface area contributed by atoms with Crippen molar-refractivity contribution in [1.82, 2.24) is 10.1 Å². The van der Waals surface area contributed by atoms with Crippen LogP contribution in [0, 0.1) is 0 Å². The molecule has 0 aromatic rings. The molecule has 0 aromatic carbocycles. The first-order valence-electron chi connectivity index (χ1n) is 10.1. The molecule has 0 spiro atoms. The molecule has 0 unspecified atom stereocenters. The number of carbonyl (C=O) groups is 2. The molecule has 2 aliphatic heterocycles. The molecule has 31 heavy (non-hydrogen) atoms. The summed E-state index contributed by atoms with van der Waals surface area (Å²) in [4.78, 5) is 22.3. The first-order valence-corrected chi connectivity index (χ1v) is 10.1. The van der Waals surface area contributed by atoms with Crippen molar-refractivity contribution in [3.8, 4) is 0 Å². The van der Waals surface area contributed by atoms with Gasteiger partial charge >= 0.3 is 11.9 Å². The second-order valence-corrected chi connectivity index (χ2v) is 11.5. The van der Waals surface area contributed by atoms with Crippen molar-refractivity contribution in [2.24, 2.45) is 11.5 Å². The zero-order chi connectivity index (χ0) is 24.1. The van der Waals surface area contributed by atoms with Crippen molar-refractivity contribution < 1.29 is 46.7 Å². The van der Waals surface area contributed by atoms with Gasteiger partial charge in [0.15, 0.2) is 0 Å². The molecule has 2 aliphatic rings. The summed E-state index contributed by atoms with van der Waals surface area (Å²) in [5.41, 5.74) is 6.72. The molecule has 186 valence electrons. The minimum Gasteiger partial charge on any atom is -0.480 e. The fourth-order valence-corrected chi connectivity index (χ4v) is 5.45. The van der Waals surface area contributed by atoms with Crippen molar-refractivity contribution in [2.45, 2.75) is 114 Å². The third-order valence-corrected chi connectivity index (χ3v) is 6.14. The van der Waals surface area contributed by atoms with Gasteiger partial charge in [-0.15, -0.1) is 0 Å². The Kier molecular flexibility index (Phi) is 8.62. The second-order valence-electron chi connectivity index (χ2n) is 11.5. The Hall–Kier alpha value is -0.806. The van der Waals surface area contributed by atoms with E-state index in [2.05, 4.69) is 0 Å². The molecule has 2 heterocycles. The monoisotopic (exact) mass is 490 g/mol. The molecule has 2 saturated heterocycles. The maximum Gasteiger partial charge on any atom is 0.323 e. The molecule has 2 fully saturated rings. The second kappa shape index (κ2) is 8.85. The van der Waals surface area contributed by atoms with Crippen LogP contribution < -0.4 is 11.5 Å². The largest absolute Gasteiger partial charge is 0.480 e. The van der Waals surface area contributed by atoms with Crippen molar-refractivity contribution in [3.05, 3.63) is 0 Å². The molecule has 2 rings (SSSR count). The van der Waals surface area contributed by atoms with Gasteiger partial charge in [-0.2, -0.15) is 10.1 Å². The Bertz CT molecular complexity index is 601. The van der Waals surface area contributed by atoms with Gasteiger partial charge in [-0.25, -0.2) is 0 Å². The zero-order valence-corrected chi connectivity index (χ0v) is 20.8. The number of piperidine rings is 2. The van der Waals surface area contributed by atoms with Crippen molar-refractivity contribution >= 4 is 11.9 Å². The minimum absolute atomic E-state index is 0. The summed E-state index contributed by atoms with van der Waals surface area (Å²) < 4.78 is 0. The number of hydroxylamine groups is 4. The fourth-order valence-electron chi connectivity index (χ4n) is 5.45. The predicted octanol–water partition coefficient (Wildman–Crippen LogP) is 1.62. The smallest absolute Gasteiger partial charge is 0.323 e. The number of aliphatic carboxylic acids is 2. The number of hydrogen-bond donors (Lipinski definition) is 6. The maximum absolute atomic E-state index is 11.1. The van der Waals surface area contributed by atoms with Gasteiger partial charge in [-0.1, -0.05) is 0 Å². The average Bonchev–Trinajstić information content (AvgIpc) is 2.49. The van der Waals surface area contributed by atoms with Crippen LogP contribution in [0.15, 0.2) is 0 Å². The van der Waals surface area contributed by atoms with Crippen LogP contribution >= 0.6 is 0 Å². The standard InChI is InChI=1S/2C10H20N2O3.Ni/c2*1-8(2)5-10(11,7(13)14)6-9(3,4)12(8)15;/h2*15H,5-6,11H2,1-4H3,(H,13,14);. The maximum atomic E-state index is 11.1. The van der Waals surface area contributed by atoms with Gasteiger partial charge in [0.1, 0.15) is 11.1 Å². The van der Waals surface area contributed by atoms with Gasteiger partial charge in [0.25, 0.3) is 0 Å². The van der Waals surface area contributed by atoms with Gasteiger partial charge in [0.2, 0.25) is 0 Å². The van der Waals surface area contributed by atoms with E-state index >= 15 is 0 Å². The van der Waals surface area contributed by atoms with Crippen LogP contribution in [0.5, 0.6) is 0 Å². The van der Waals surface area contributed by atoms with Crippen molar-refractivity contribution in [2.75, 3.05) is 0 Å². The summed E-state index contributed by atoms with van der Waals surface area (Å²) in [6, 6.07) is 0. The molecule has 0 aliphatic carbocycles. The first kappa shape index (κ1) is 30.2. The van der Waals surface area contributed by atoms with Crippen LogP contribution in [0.1, 0.15) is 81.1 Å².